The molecular weight excluding hydrogens is 717 g/mol. The van der Waals surface area contributed by atoms with Gasteiger partial charge in [-0.1, -0.05) is 140 Å². The summed E-state index contributed by atoms with van der Waals surface area (Å²) in [7, 11) is 0. The molecule has 12 rings (SSSR count). The van der Waals surface area contributed by atoms with Gasteiger partial charge >= 0.3 is 0 Å². The third-order valence-electron chi connectivity index (χ3n) is 11.1. The highest BCUT2D eigenvalue weighted by Gasteiger charge is 2.24. The number of aromatic nitrogens is 4. The predicted octanol–water partition coefficient (Wildman–Crippen LogP) is 13.9. The largest absolute Gasteiger partial charge is 0.454 e. The van der Waals surface area contributed by atoms with Gasteiger partial charge in [0, 0.05) is 58.4 Å². The summed E-state index contributed by atoms with van der Waals surface area (Å²) in [6.45, 7) is 0. The van der Waals surface area contributed by atoms with Gasteiger partial charge in [0.1, 0.15) is 5.58 Å². The van der Waals surface area contributed by atoms with Crippen LogP contribution in [0.5, 0.6) is 0 Å². The summed E-state index contributed by atoms with van der Waals surface area (Å²) in [5, 5.41) is 6.89. The molecule has 0 amide bonds. The van der Waals surface area contributed by atoms with E-state index in [0.29, 0.717) is 17.5 Å². The van der Waals surface area contributed by atoms with Crippen molar-refractivity contribution >= 4 is 75.3 Å². The van der Waals surface area contributed by atoms with Crippen LogP contribution >= 0.6 is 11.3 Å². The van der Waals surface area contributed by atoms with Gasteiger partial charge in [-0.25, -0.2) is 15.0 Å². The molecule has 0 aliphatic heterocycles. The van der Waals surface area contributed by atoms with Crippen LogP contribution in [-0.2, 0) is 0 Å². The average molecular weight is 747 g/mol. The van der Waals surface area contributed by atoms with Crippen LogP contribution in [0, 0.1) is 0 Å². The number of fused-ring (bicyclic) bond motifs is 9. The van der Waals surface area contributed by atoms with Gasteiger partial charge in [0.15, 0.2) is 23.1 Å². The number of para-hydroxylation sites is 2. The fraction of sp³-hybridized carbons (Fsp3) is 0. The number of thiophene rings is 1. The maximum absolute atomic E-state index is 7.11. The maximum Gasteiger partial charge on any atom is 0.164 e. The Balaban J connectivity index is 1.20. The van der Waals surface area contributed by atoms with Gasteiger partial charge in [-0.2, -0.15) is 0 Å². The molecule has 5 nitrogen and oxygen atoms in total. The van der Waals surface area contributed by atoms with Crippen LogP contribution in [0.4, 0.5) is 0 Å². The number of benzene rings is 8. The first-order valence-electron chi connectivity index (χ1n) is 19.0. The van der Waals surface area contributed by atoms with Crippen molar-refractivity contribution in [3.8, 4) is 51.0 Å². The van der Waals surface area contributed by atoms with E-state index in [9.17, 15) is 0 Å². The number of hydrogen-bond donors (Lipinski definition) is 0. The van der Waals surface area contributed by atoms with Crippen molar-refractivity contribution in [2.45, 2.75) is 0 Å². The van der Waals surface area contributed by atoms with Crippen LogP contribution in [-0.4, -0.2) is 19.5 Å². The minimum absolute atomic E-state index is 0.587. The van der Waals surface area contributed by atoms with Gasteiger partial charge < -0.3 is 8.98 Å². The normalized spacial score (nSPS) is 11.9. The Morgan fingerprint density at radius 1 is 0.404 bits per heavy atom. The van der Waals surface area contributed by atoms with Gasteiger partial charge in [-0.15, -0.1) is 11.3 Å². The first-order valence-corrected chi connectivity index (χ1v) is 19.8. The van der Waals surface area contributed by atoms with Gasteiger partial charge in [0.25, 0.3) is 0 Å². The highest BCUT2D eigenvalue weighted by atomic mass is 32.1. The summed E-state index contributed by atoms with van der Waals surface area (Å²) < 4.78 is 12.0. The Bertz CT molecular complexity index is 3420. The minimum atomic E-state index is 0.587. The summed E-state index contributed by atoms with van der Waals surface area (Å²) in [4.78, 5) is 15.4. The topological polar surface area (TPSA) is 56.7 Å². The lowest BCUT2D eigenvalue weighted by atomic mass is 9.95. The number of furan rings is 1. The highest BCUT2D eigenvalue weighted by Crippen LogP contribution is 2.46. The molecule has 57 heavy (non-hydrogen) atoms. The molecular formula is C51H30N4OS. The molecule has 4 aromatic heterocycles. The lowest BCUT2D eigenvalue weighted by Crippen LogP contribution is -2.00. The number of hydrogen-bond acceptors (Lipinski definition) is 5. The van der Waals surface area contributed by atoms with E-state index in [1.807, 2.05) is 78.1 Å². The van der Waals surface area contributed by atoms with Gasteiger partial charge in [0.05, 0.1) is 16.7 Å². The van der Waals surface area contributed by atoms with E-state index in [4.69, 9.17) is 19.4 Å². The SMILES string of the molecule is c1ccc(-c2nc(-c3ccccc3)nc(-c3cccc4oc5c(-n6c7ccccc7c7ccccc76)ccc(-c6ccc7sc8ccccc8c7c6)c5c34)n2)cc1. The Morgan fingerprint density at radius 2 is 1.00 bits per heavy atom. The van der Waals surface area contributed by atoms with Crippen LogP contribution in [0.3, 0.4) is 0 Å². The molecule has 6 heteroatoms. The molecule has 0 aliphatic carbocycles. The van der Waals surface area contributed by atoms with Gasteiger partial charge in [-0.05, 0) is 53.6 Å². The zero-order valence-corrected chi connectivity index (χ0v) is 31.2. The summed E-state index contributed by atoms with van der Waals surface area (Å²) >= 11 is 1.83. The highest BCUT2D eigenvalue weighted by molar-refractivity contribution is 7.25. The Labute approximate surface area is 330 Å². The van der Waals surface area contributed by atoms with Crippen LogP contribution < -0.4 is 0 Å². The summed E-state index contributed by atoms with van der Waals surface area (Å²) in [6, 6.07) is 63.7. The first kappa shape index (κ1) is 31.9. The van der Waals surface area contributed by atoms with Crippen molar-refractivity contribution in [2.24, 2.45) is 0 Å². The molecule has 12 aromatic rings. The van der Waals surface area contributed by atoms with Crippen LogP contribution in [0.2, 0.25) is 0 Å². The second-order valence-corrected chi connectivity index (χ2v) is 15.4. The second-order valence-electron chi connectivity index (χ2n) is 14.3. The van der Waals surface area contributed by atoms with Crippen LogP contribution in [0.25, 0.3) is 115 Å². The van der Waals surface area contributed by atoms with E-state index >= 15 is 0 Å². The number of nitrogens with zero attached hydrogens (tertiary/aromatic N) is 4. The fourth-order valence-corrected chi connectivity index (χ4v) is 9.60. The second kappa shape index (κ2) is 12.6. The molecule has 0 aliphatic rings. The van der Waals surface area contributed by atoms with E-state index < -0.39 is 0 Å². The molecule has 0 spiro atoms. The summed E-state index contributed by atoms with van der Waals surface area (Å²) in [5.41, 5.74) is 9.72. The van der Waals surface area contributed by atoms with E-state index in [1.165, 1.54) is 30.9 Å². The Hall–Kier alpha value is -7.41. The molecule has 4 heterocycles. The Kier molecular flexibility index (Phi) is 7.03. The molecule has 266 valence electrons. The zero-order chi connectivity index (χ0) is 37.5. The standard InChI is InChI=1S/C51H30N4OS/c1-3-14-31(15-4-1)49-52-50(32-16-5-2-6-17-32)54-51(53-49)38-21-13-24-43-46(38)47-34(33-26-29-45-39(30-33)37-20-9-12-25-44(37)57-45)27-28-42(48(47)56-43)55-40-22-10-7-18-35(40)36-19-8-11-23-41(36)55/h1-30H. The molecule has 0 saturated heterocycles. The van der Waals surface area contributed by atoms with Gasteiger partial charge in [0.2, 0.25) is 0 Å². The molecule has 0 radical (unpaired) electrons. The van der Waals surface area contributed by atoms with Crippen LogP contribution in [0.1, 0.15) is 0 Å². The number of rotatable bonds is 5. The van der Waals surface area contributed by atoms with E-state index in [-0.39, 0.29) is 0 Å². The minimum Gasteiger partial charge on any atom is -0.454 e. The van der Waals surface area contributed by atoms with Crippen molar-refractivity contribution in [1.29, 1.82) is 0 Å². The first-order chi connectivity index (χ1) is 28.3. The fourth-order valence-electron chi connectivity index (χ4n) is 8.51. The van der Waals surface area contributed by atoms with Crippen LogP contribution in [0.15, 0.2) is 186 Å². The average Bonchev–Trinajstić information content (AvgIpc) is 3.96. The third kappa shape index (κ3) is 4.98. The summed E-state index contributed by atoms with van der Waals surface area (Å²) in [5.74, 6) is 1.82. The molecule has 8 aromatic carbocycles. The van der Waals surface area contributed by atoms with Gasteiger partial charge in [-0.3, -0.25) is 0 Å². The van der Waals surface area contributed by atoms with Crippen molar-refractivity contribution < 1.29 is 4.42 Å². The van der Waals surface area contributed by atoms with Crippen molar-refractivity contribution in [3.05, 3.63) is 182 Å². The summed E-state index contributed by atoms with van der Waals surface area (Å²) in [6.07, 6.45) is 0. The quantitative estimate of drug-likeness (QED) is 0.176. The lowest BCUT2D eigenvalue weighted by molar-refractivity contribution is 0.666. The zero-order valence-electron chi connectivity index (χ0n) is 30.4. The molecule has 0 saturated carbocycles. The third-order valence-corrected chi connectivity index (χ3v) is 12.2. The molecule has 0 bridgehead atoms. The lowest BCUT2D eigenvalue weighted by Gasteiger charge is -2.13. The molecule has 0 unspecified atom stereocenters. The van der Waals surface area contributed by atoms with Crippen molar-refractivity contribution in [3.63, 3.8) is 0 Å². The monoisotopic (exact) mass is 746 g/mol. The van der Waals surface area contributed by atoms with E-state index in [0.717, 1.165) is 66.5 Å². The van der Waals surface area contributed by atoms with Crippen molar-refractivity contribution in [1.82, 2.24) is 19.5 Å². The molecule has 0 fully saturated rings. The molecule has 0 atom stereocenters. The van der Waals surface area contributed by atoms with Crippen molar-refractivity contribution in [2.75, 3.05) is 0 Å². The van der Waals surface area contributed by atoms with E-state index in [1.54, 1.807) is 0 Å². The smallest absolute Gasteiger partial charge is 0.164 e. The molecule has 0 N–H and O–H groups in total. The Morgan fingerprint density at radius 3 is 1.70 bits per heavy atom. The van der Waals surface area contributed by atoms with E-state index in [2.05, 4.69) is 120 Å². The maximum atomic E-state index is 7.11. The predicted molar refractivity (Wildman–Crippen MR) is 236 cm³/mol.